The summed E-state index contributed by atoms with van der Waals surface area (Å²) < 4.78 is 4.24. The maximum absolute atomic E-state index is 10.3. The monoisotopic (exact) mass is 116 g/mol. The molecule has 0 heterocycles. The smallest absolute Gasteiger partial charge is 0.336 e. The first-order valence-electron chi connectivity index (χ1n) is 2.11. The molecule has 0 aromatic heterocycles. The predicted octanol–water partition coefficient (Wildman–Crippen LogP) is 0.621. The zero-order valence-electron chi connectivity index (χ0n) is 4.84. The van der Waals surface area contributed by atoms with Gasteiger partial charge in [-0.3, -0.25) is 0 Å². The van der Waals surface area contributed by atoms with Gasteiger partial charge in [-0.1, -0.05) is 0 Å². The average molecular weight is 116 g/mol. The maximum Gasteiger partial charge on any atom is 0.336 e. The molecule has 0 aliphatic carbocycles. The zero-order valence-corrected chi connectivity index (χ0v) is 4.84. The number of rotatable bonds is 1. The van der Waals surface area contributed by atoms with E-state index < -0.39 is 5.97 Å². The van der Waals surface area contributed by atoms with E-state index in [-0.39, 0.29) is 5.57 Å². The van der Waals surface area contributed by atoms with Gasteiger partial charge < -0.3 is 9.84 Å². The summed E-state index contributed by atoms with van der Waals surface area (Å²) in [6.45, 7) is 1.46. The van der Waals surface area contributed by atoms with Gasteiger partial charge in [0.05, 0.1) is 18.9 Å². The first-order chi connectivity index (χ1) is 3.72. The Kier molecular flexibility index (Phi) is 2.69. The van der Waals surface area contributed by atoms with E-state index in [2.05, 4.69) is 4.74 Å². The lowest BCUT2D eigenvalue weighted by Gasteiger charge is -1.92. The van der Waals surface area contributed by atoms with E-state index in [9.17, 15) is 4.79 Å². The number of aliphatic hydroxyl groups excluding tert-OH is 1. The van der Waals surface area contributed by atoms with Crippen molar-refractivity contribution in [3.63, 3.8) is 0 Å². The summed E-state index contributed by atoms with van der Waals surface area (Å²) in [5.41, 5.74) is 0.201. The van der Waals surface area contributed by atoms with Gasteiger partial charge in [0.25, 0.3) is 0 Å². The summed E-state index contributed by atoms with van der Waals surface area (Å²) in [5.74, 6) is -0.507. The number of carbonyl (C=O) groups excluding carboxylic acids is 1. The summed E-state index contributed by atoms with van der Waals surface area (Å²) in [4.78, 5) is 10.3. The van der Waals surface area contributed by atoms with Crippen LogP contribution in [0, 0.1) is 0 Å². The molecule has 3 heteroatoms. The van der Waals surface area contributed by atoms with E-state index >= 15 is 0 Å². The fourth-order valence-electron chi connectivity index (χ4n) is 0.214. The number of hydrogen-bond acceptors (Lipinski definition) is 3. The van der Waals surface area contributed by atoms with Gasteiger partial charge >= 0.3 is 5.97 Å². The quantitative estimate of drug-likeness (QED) is 0.310. The Balaban J connectivity index is 3.83. The van der Waals surface area contributed by atoms with Crippen LogP contribution in [0.4, 0.5) is 0 Å². The summed E-state index contributed by atoms with van der Waals surface area (Å²) in [7, 11) is 1.26. The molecule has 0 aromatic rings. The van der Waals surface area contributed by atoms with Crippen molar-refractivity contribution < 1.29 is 14.6 Å². The van der Waals surface area contributed by atoms with Crippen molar-refractivity contribution in [2.45, 2.75) is 6.92 Å². The first-order valence-corrected chi connectivity index (χ1v) is 2.11. The highest BCUT2D eigenvalue weighted by Crippen LogP contribution is 1.90. The molecular formula is C5H8O3. The minimum absolute atomic E-state index is 0.201. The standard InChI is InChI=1S/C5H8O3/c1-4(3-6)5(7)8-2/h3,6H,1-2H3/b4-3+. The lowest BCUT2D eigenvalue weighted by atomic mass is 10.3. The number of carbonyl (C=O) groups is 1. The van der Waals surface area contributed by atoms with E-state index in [1.807, 2.05) is 0 Å². The molecule has 0 rings (SSSR count). The third kappa shape index (κ3) is 1.64. The van der Waals surface area contributed by atoms with Crippen LogP contribution in [0.25, 0.3) is 0 Å². The van der Waals surface area contributed by atoms with E-state index in [4.69, 9.17) is 5.11 Å². The number of hydrogen-bond donors (Lipinski definition) is 1. The van der Waals surface area contributed by atoms with Crippen LogP contribution in [0.5, 0.6) is 0 Å². The van der Waals surface area contributed by atoms with E-state index in [0.29, 0.717) is 6.26 Å². The fourth-order valence-corrected chi connectivity index (χ4v) is 0.214. The van der Waals surface area contributed by atoms with Crippen LogP contribution in [0.1, 0.15) is 6.92 Å². The van der Waals surface area contributed by atoms with Crippen LogP contribution in [0.2, 0.25) is 0 Å². The number of ether oxygens (including phenoxy) is 1. The van der Waals surface area contributed by atoms with Gasteiger partial charge in [-0.2, -0.15) is 0 Å². The topological polar surface area (TPSA) is 46.5 Å². The van der Waals surface area contributed by atoms with Crippen LogP contribution in [0.15, 0.2) is 11.8 Å². The Hall–Kier alpha value is -0.990. The van der Waals surface area contributed by atoms with Crippen LogP contribution >= 0.6 is 0 Å². The zero-order chi connectivity index (χ0) is 6.57. The normalized spacial score (nSPS) is 11.0. The molecule has 0 amide bonds. The number of aliphatic hydroxyl groups is 1. The molecule has 0 aliphatic rings. The lowest BCUT2D eigenvalue weighted by molar-refractivity contribution is -0.136. The van der Waals surface area contributed by atoms with Crippen LogP contribution in [0.3, 0.4) is 0 Å². The molecule has 1 N–H and O–H groups in total. The lowest BCUT2D eigenvalue weighted by Crippen LogP contribution is -2.00. The molecule has 0 aliphatic heterocycles. The SMILES string of the molecule is COC(=O)/C(C)=C/O. The molecule has 0 spiro atoms. The second-order valence-electron chi connectivity index (χ2n) is 1.30. The Bertz CT molecular complexity index is 115. The van der Waals surface area contributed by atoms with Gasteiger partial charge in [0.15, 0.2) is 0 Å². The van der Waals surface area contributed by atoms with Gasteiger partial charge in [-0.25, -0.2) is 4.79 Å². The number of methoxy groups -OCH3 is 1. The molecule has 46 valence electrons. The molecule has 0 bridgehead atoms. The van der Waals surface area contributed by atoms with E-state index in [0.717, 1.165) is 0 Å². The molecule has 8 heavy (non-hydrogen) atoms. The summed E-state index contributed by atoms with van der Waals surface area (Å²) in [6, 6.07) is 0. The van der Waals surface area contributed by atoms with Crippen molar-refractivity contribution in [1.82, 2.24) is 0 Å². The minimum atomic E-state index is -0.507. The highest BCUT2D eigenvalue weighted by Gasteiger charge is 1.99. The second-order valence-corrected chi connectivity index (χ2v) is 1.30. The third-order valence-electron chi connectivity index (χ3n) is 0.701. The molecule has 0 unspecified atom stereocenters. The highest BCUT2D eigenvalue weighted by atomic mass is 16.5. The number of esters is 1. The van der Waals surface area contributed by atoms with Crippen molar-refractivity contribution >= 4 is 5.97 Å². The van der Waals surface area contributed by atoms with Gasteiger partial charge in [0.2, 0.25) is 0 Å². The van der Waals surface area contributed by atoms with E-state index in [1.165, 1.54) is 14.0 Å². The Morgan fingerprint density at radius 1 is 1.75 bits per heavy atom. The maximum atomic E-state index is 10.3. The molecule has 0 saturated heterocycles. The van der Waals surface area contributed by atoms with Crippen LogP contribution < -0.4 is 0 Å². The van der Waals surface area contributed by atoms with E-state index in [1.54, 1.807) is 0 Å². The summed E-state index contributed by atoms with van der Waals surface area (Å²) >= 11 is 0. The molecule has 0 fully saturated rings. The minimum Gasteiger partial charge on any atom is -0.515 e. The van der Waals surface area contributed by atoms with Gasteiger partial charge in [0, 0.05) is 0 Å². The molecule has 0 saturated carbocycles. The second kappa shape index (κ2) is 3.07. The Morgan fingerprint density at radius 2 is 2.25 bits per heavy atom. The highest BCUT2D eigenvalue weighted by molar-refractivity contribution is 5.87. The largest absolute Gasteiger partial charge is 0.515 e. The third-order valence-corrected chi connectivity index (χ3v) is 0.701. The fraction of sp³-hybridized carbons (Fsp3) is 0.400. The molecule has 0 radical (unpaired) electrons. The van der Waals surface area contributed by atoms with Gasteiger partial charge in [-0.05, 0) is 6.92 Å². The van der Waals surface area contributed by atoms with Crippen LogP contribution in [-0.4, -0.2) is 18.2 Å². The van der Waals surface area contributed by atoms with Crippen molar-refractivity contribution in [3.05, 3.63) is 11.8 Å². The molecule has 0 atom stereocenters. The Morgan fingerprint density at radius 3 is 2.38 bits per heavy atom. The van der Waals surface area contributed by atoms with Crippen molar-refractivity contribution in [2.75, 3.05) is 7.11 Å². The summed E-state index contributed by atoms with van der Waals surface area (Å²) in [6.07, 6.45) is 0.714. The molecular weight excluding hydrogens is 108 g/mol. The summed E-state index contributed by atoms with van der Waals surface area (Å²) in [5, 5.41) is 8.17. The van der Waals surface area contributed by atoms with Crippen molar-refractivity contribution in [2.24, 2.45) is 0 Å². The van der Waals surface area contributed by atoms with Gasteiger partial charge in [0.1, 0.15) is 0 Å². The molecule has 3 nitrogen and oxygen atoms in total. The van der Waals surface area contributed by atoms with Crippen LogP contribution in [-0.2, 0) is 9.53 Å². The Labute approximate surface area is 47.6 Å². The predicted molar refractivity (Wildman–Crippen MR) is 28.4 cm³/mol. The van der Waals surface area contributed by atoms with Gasteiger partial charge in [-0.15, -0.1) is 0 Å². The average Bonchev–Trinajstić information content (AvgIpc) is 1.84. The first kappa shape index (κ1) is 7.01. The molecule has 0 aromatic carbocycles. The van der Waals surface area contributed by atoms with Crippen molar-refractivity contribution in [3.8, 4) is 0 Å². The van der Waals surface area contributed by atoms with Crippen molar-refractivity contribution in [1.29, 1.82) is 0 Å².